The number of hydrogen-bond acceptors (Lipinski definition) is 27. The highest BCUT2D eigenvalue weighted by molar-refractivity contribution is 6.05. The highest BCUT2D eigenvalue weighted by Crippen LogP contribution is 2.23. The van der Waals surface area contributed by atoms with Gasteiger partial charge in [0.05, 0.1) is 25.7 Å². The molecule has 2 heterocycles. The number of rotatable bonds is 57. The van der Waals surface area contributed by atoms with Gasteiger partial charge in [0.2, 0.25) is 100 Å². The average Bonchev–Trinajstić information content (AvgIpc) is 1.68. The van der Waals surface area contributed by atoms with E-state index in [9.17, 15) is 116 Å². The largest absolute Gasteiger partial charge is 0.458 e. The standard InChI is InChI=1S/C94H163N21O25/c1-21-24-25-29-56(119)44-71(121)98-58(23-3)93(138)115-38-28-31-69(115)87(132)108-67(45-117)85(130)105-65(42-49(8)9)83(128)111-73(52(14)15)90(135)109-68(46-118)86(131)106-66(43-50(10)11)84(129)112-75(54(18)19)91(136)113-74(53(16)17)89(134)102-59(32-33-70(97)120)78(123)104-64(41-48(6)7)82(127)110-72(51(12)13)88(133)99-57(22-2)77(122)114-76-55(20)140-94(139)62(30-26-27-36-95)103-79(124)60(34-37-96)100-80(125)61(35-39-116)101-81(126)63(40-47(4)5)107-92(76)137/h22-23,47-56,59-69,72-76,116-119H,21,24-46,95-96H2,1-20H3,(H2,97,120)(H,98,121)(H,99,133)(H,100,125)(H,101,126)(H,102,134)(H,103,124)(H,104,123)(H,105,130)(H,106,131)(H,107,137)(H,108,132)(H,109,135)(H,110,127)(H,111,128)(H,112,129)(H,113,136)(H,114,122)/b57-22-,58-23-/t55-,56-,59-,60-,61+,62+,63+,64+,65-,66-,67-,68-,69+,72-,73-,74-,75-,76-/m1/s1. The Hall–Kier alpha value is -11.4. The second kappa shape index (κ2) is 63.4. The number of carbonyl (C=O) groups is 20. The number of ether oxygens (including phenoxy) is 1. The molecule has 2 saturated heterocycles. The molecule has 2 fully saturated rings. The summed E-state index contributed by atoms with van der Waals surface area (Å²) in [5.74, 6) is -23.3. The molecule has 0 aromatic carbocycles. The highest BCUT2D eigenvalue weighted by atomic mass is 16.5. The summed E-state index contributed by atoms with van der Waals surface area (Å²) in [4.78, 5) is 284. The Morgan fingerprint density at radius 3 is 1.30 bits per heavy atom. The van der Waals surface area contributed by atoms with Crippen LogP contribution in [0.15, 0.2) is 23.5 Å². The number of cyclic esters (lactones) is 1. The molecule has 0 radical (unpaired) electrons. The van der Waals surface area contributed by atoms with Gasteiger partial charge in [0, 0.05) is 19.6 Å². The topological polar surface area (TPSA) is 717 Å². The third kappa shape index (κ3) is 43.0. The van der Waals surface area contributed by atoms with E-state index >= 15 is 0 Å². The second-order valence-corrected chi connectivity index (χ2v) is 38.8. The van der Waals surface area contributed by atoms with E-state index in [1.165, 1.54) is 31.7 Å². The van der Waals surface area contributed by atoms with Crippen LogP contribution in [-0.2, 0) is 101 Å². The number of aliphatic hydroxyl groups is 4. The molecule has 2 aliphatic heterocycles. The molecule has 27 N–H and O–H groups in total. The van der Waals surface area contributed by atoms with Gasteiger partial charge in [-0.1, -0.05) is 149 Å². The molecule has 18 atom stereocenters. The molecule has 0 spiro atoms. The second-order valence-electron chi connectivity index (χ2n) is 38.8. The van der Waals surface area contributed by atoms with E-state index in [0.717, 1.165) is 18.9 Å². The van der Waals surface area contributed by atoms with E-state index < -0.39 is 289 Å². The van der Waals surface area contributed by atoms with E-state index in [4.69, 9.17) is 21.9 Å². The van der Waals surface area contributed by atoms with Crippen LogP contribution in [0.3, 0.4) is 0 Å². The van der Waals surface area contributed by atoms with Crippen LogP contribution in [0, 0.1) is 47.3 Å². The van der Waals surface area contributed by atoms with Gasteiger partial charge in [-0.2, -0.15) is 0 Å². The summed E-state index contributed by atoms with van der Waals surface area (Å²) in [6.45, 7) is 29.8. The van der Waals surface area contributed by atoms with Crippen molar-refractivity contribution in [2.75, 3.05) is 39.5 Å². The third-order valence-corrected chi connectivity index (χ3v) is 23.3. The zero-order valence-electron chi connectivity index (χ0n) is 85.2. The number of nitrogens with zero attached hydrogens (tertiary/aromatic N) is 1. The monoisotopic (exact) mass is 1990 g/mol. The van der Waals surface area contributed by atoms with Gasteiger partial charge in [0.1, 0.15) is 114 Å². The predicted molar refractivity (Wildman–Crippen MR) is 516 cm³/mol. The number of aliphatic hydroxyl groups excluding tert-OH is 4. The smallest absolute Gasteiger partial charge is 0.328 e. The molecule has 46 nitrogen and oxygen atoms in total. The van der Waals surface area contributed by atoms with Gasteiger partial charge in [-0.05, 0) is 165 Å². The molecule has 0 aromatic rings. The van der Waals surface area contributed by atoms with Crippen LogP contribution in [0.2, 0.25) is 0 Å². The molecule has 0 bridgehead atoms. The fourth-order valence-electron chi connectivity index (χ4n) is 15.4. The Morgan fingerprint density at radius 2 is 0.871 bits per heavy atom. The summed E-state index contributed by atoms with van der Waals surface area (Å²) < 4.78 is 5.83. The van der Waals surface area contributed by atoms with Crippen LogP contribution in [0.1, 0.15) is 254 Å². The Bertz CT molecular complexity index is 4220. The first kappa shape index (κ1) is 125. The number of primary amides is 1. The van der Waals surface area contributed by atoms with E-state index in [2.05, 4.69) is 90.4 Å². The summed E-state index contributed by atoms with van der Waals surface area (Å²) in [6, 6.07) is -24.2. The number of nitrogens with one attached hydrogen (secondary N) is 17. The fourth-order valence-corrected chi connectivity index (χ4v) is 15.4. The molecule has 2 rings (SSSR count). The predicted octanol–water partition coefficient (Wildman–Crippen LogP) is -3.52. The molecule has 0 aromatic heterocycles. The first-order chi connectivity index (χ1) is 65.7. The minimum atomic E-state index is -1.89. The van der Waals surface area contributed by atoms with Crippen molar-refractivity contribution in [1.29, 1.82) is 0 Å². The van der Waals surface area contributed by atoms with Gasteiger partial charge in [0.25, 0.3) is 11.8 Å². The lowest BCUT2D eigenvalue weighted by molar-refractivity contribution is -0.156. The first-order valence-electron chi connectivity index (χ1n) is 48.9. The summed E-state index contributed by atoms with van der Waals surface area (Å²) in [5, 5.41) is 84.9. The molecule has 0 aliphatic carbocycles. The normalized spacial score (nSPS) is 19.9. The number of likely N-dealkylation sites (tertiary alicyclic amines) is 1. The maximum absolute atomic E-state index is 14.7. The molecule has 794 valence electrons. The van der Waals surface area contributed by atoms with Crippen LogP contribution in [0.5, 0.6) is 0 Å². The van der Waals surface area contributed by atoms with E-state index in [1.54, 1.807) is 111 Å². The number of carbonyl (C=O) groups excluding carboxylic acids is 20. The molecule has 2 aliphatic rings. The number of esters is 1. The maximum atomic E-state index is 14.7. The molecule has 140 heavy (non-hydrogen) atoms. The van der Waals surface area contributed by atoms with Gasteiger partial charge in [-0.3, -0.25) is 91.1 Å². The van der Waals surface area contributed by atoms with E-state index in [-0.39, 0.29) is 113 Å². The number of nitrogens with two attached hydrogens (primary N) is 3. The van der Waals surface area contributed by atoms with Gasteiger partial charge in [-0.25, -0.2) is 4.79 Å². The van der Waals surface area contributed by atoms with Crippen molar-refractivity contribution in [2.45, 2.75) is 363 Å². The fraction of sp³-hybridized carbons (Fsp3) is 0.745. The molecule has 0 saturated carbocycles. The van der Waals surface area contributed by atoms with Crippen LogP contribution in [-0.4, -0.2) is 292 Å². The van der Waals surface area contributed by atoms with Gasteiger partial charge in [-0.15, -0.1) is 0 Å². The minimum Gasteiger partial charge on any atom is -0.458 e. The van der Waals surface area contributed by atoms with Crippen molar-refractivity contribution in [3.05, 3.63) is 23.5 Å². The summed E-state index contributed by atoms with van der Waals surface area (Å²) in [6.07, 6.45) is 1.95. The average molecular weight is 1990 g/mol. The van der Waals surface area contributed by atoms with Crippen molar-refractivity contribution in [2.24, 2.45) is 64.5 Å². The summed E-state index contributed by atoms with van der Waals surface area (Å²) >= 11 is 0. The highest BCUT2D eigenvalue weighted by Gasteiger charge is 2.44. The summed E-state index contributed by atoms with van der Waals surface area (Å²) in [5.41, 5.74) is 16.5. The lowest BCUT2D eigenvalue weighted by Gasteiger charge is -2.31. The van der Waals surface area contributed by atoms with Crippen molar-refractivity contribution >= 4 is 118 Å². The number of unbranched alkanes of at least 4 members (excludes halogenated alkanes) is 3. The van der Waals surface area contributed by atoms with Crippen LogP contribution in [0.25, 0.3) is 0 Å². The minimum absolute atomic E-state index is 0.0437. The quantitative estimate of drug-likeness (QED) is 0.0159. The number of hydrogen-bond donors (Lipinski definition) is 24. The van der Waals surface area contributed by atoms with Crippen LogP contribution in [0.4, 0.5) is 0 Å². The van der Waals surface area contributed by atoms with E-state index in [1.807, 2.05) is 6.92 Å². The Balaban J connectivity index is 2.45. The van der Waals surface area contributed by atoms with Crippen molar-refractivity contribution in [3.63, 3.8) is 0 Å². The lowest BCUT2D eigenvalue weighted by atomic mass is 9.97. The summed E-state index contributed by atoms with van der Waals surface area (Å²) in [7, 11) is 0. The third-order valence-electron chi connectivity index (χ3n) is 23.3. The zero-order chi connectivity index (χ0) is 106. The SMILES string of the molecule is C/C=C(\NC(=O)[C@H](NC(=O)[C@H](CC(C)C)NC(=O)[C@@H](CCC(N)=O)NC(=O)[C@H](NC(=O)[C@H](NC(=O)[C@@H](CC(C)C)NC(=O)[C@@H](CO)NC(=O)[C@H](NC(=O)[C@@H](CC(C)C)NC(=O)[C@@H](CO)NC(=O)[C@@H]1CCCN1C(=O)/C(=C/C)NC(=O)C[C@H](O)CCCCC)C(C)C)C(C)C)C(C)C)C(C)C)C(=O)N[C@H]1C(=O)N[C@@H](CC(C)C)C(=O)N[C@@H](CCO)C(=O)N[C@H](CCN)C(=O)N[C@@H](CCCCN)C(=O)O[C@@H]1C. The van der Waals surface area contributed by atoms with E-state index in [0.29, 0.717) is 25.7 Å². The van der Waals surface area contributed by atoms with Crippen molar-refractivity contribution in [3.8, 4) is 0 Å². The van der Waals surface area contributed by atoms with Crippen molar-refractivity contribution in [1.82, 2.24) is 95.3 Å². The Morgan fingerprint density at radius 1 is 0.457 bits per heavy atom. The zero-order valence-corrected chi connectivity index (χ0v) is 85.2. The molecular formula is C94H163N21O25. The Labute approximate surface area is 821 Å². The van der Waals surface area contributed by atoms with Gasteiger partial charge >= 0.3 is 5.97 Å². The lowest BCUT2D eigenvalue weighted by Crippen LogP contribution is -2.62. The molecule has 19 amide bonds. The number of amides is 19. The Kier molecular flexibility index (Phi) is 56.5. The molecular weight excluding hydrogens is 1820 g/mol. The van der Waals surface area contributed by atoms with Crippen LogP contribution >= 0.6 is 0 Å². The van der Waals surface area contributed by atoms with Crippen LogP contribution < -0.4 is 108 Å². The molecule has 0 unspecified atom stereocenters. The first-order valence-corrected chi connectivity index (χ1v) is 48.9. The number of allylic oxidation sites excluding steroid dienone is 2. The van der Waals surface area contributed by atoms with Gasteiger partial charge < -0.3 is 138 Å². The van der Waals surface area contributed by atoms with Gasteiger partial charge in [0.15, 0.2) is 0 Å². The maximum Gasteiger partial charge on any atom is 0.328 e. The van der Waals surface area contributed by atoms with Crippen molar-refractivity contribution < 1.29 is 121 Å². The molecule has 46 heteroatoms.